The van der Waals surface area contributed by atoms with Gasteiger partial charge in [-0.2, -0.15) is 0 Å². The van der Waals surface area contributed by atoms with Crippen LogP contribution in [0.2, 0.25) is 0 Å². The molecule has 0 bridgehead atoms. The molecule has 0 amide bonds. The first-order valence-corrected chi connectivity index (χ1v) is 8.99. The Balaban J connectivity index is -0.000000301. The summed E-state index contributed by atoms with van der Waals surface area (Å²) in [5, 5.41) is 8.52. The maximum Gasteiger partial charge on any atom is 2.00 e. The fourth-order valence-corrected chi connectivity index (χ4v) is 2.65. The molecule has 0 rings (SSSR count). The fourth-order valence-electron chi connectivity index (χ4n) is 2.65. The predicted molar refractivity (Wildman–Crippen MR) is 90.8 cm³/mol. The van der Waals surface area contributed by atoms with Gasteiger partial charge in [-0.3, -0.25) is 4.79 Å². The van der Waals surface area contributed by atoms with E-state index >= 15 is 0 Å². The third kappa shape index (κ3) is 34.0. The molecule has 0 aromatic heterocycles. The van der Waals surface area contributed by atoms with Crippen molar-refractivity contribution in [3.63, 3.8) is 0 Å². The van der Waals surface area contributed by atoms with Gasteiger partial charge in [-0.1, -0.05) is 96.8 Å². The Labute approximate surface area is 173 Å². The van der Waals surface area contributed by atoms with Gasteiger partial charge in [0.1, 0.15) is 0 Å². The van der Waals surface area contributed by atoms with E-state index in [9.17, 15) is 4.79 Å². The van der Waals surface area contributed by atoms with Crippen molar-refractivity contribution in [1.29, 1.82) is 0 Å². The van der Waals surface area contributed by atoms with E-state index in [1.807, 2.05) is 0 Å². The first-order valence-electron chi connectivity index (χ1n) is 8.99. The van der Waals surface area contributed by atoms with E-state index in [0.29, 0.717) is 6.42 Å². The molecule has 0 aliphatic heterocycles. The van der Waals surface area contributed by atoms with Gasteiger partial charge in [0.2, 0.25) is 0 Å². The topological polar surface area (TPSA) is 68.8 Å². The van der Waals surface area contributed by atoms with Crippen LogP contribution in [-0.2, 0) is 22.2 Å². The van der Waals surface area contributed by atoms with Crippen molar-refractivity contribution in [2.75, 3.05) is 0 Å². The predicted octanol–water partition coefficient (Wildman–Crippen LogP) is -0.487. The van der Waals surface area contributed by atoms with Gasteiger partial charge in [0, 0.05) is 6.42 Å². The van der Waals surface area contributed by atoms with Gasteiger partial charge >= 0.3 is 23.3 Å². The Morgan fingerprint density at radius 2 is 0.875 bits per heavy atom. The summed E-state index contributed by atoms with van der Waals surface area (Å²) in [6.07, 6.45) is 20.2. The van der Waals surface area contributed by atoms with Crippen LogP contribution < -0.4 is 24.8 Å². The smallest absolute Gasteiger partial charge is 1.00 e. The number of hydrogen-bond acceptors (Lipinski definition) is 1. The summed E-state index contributed by atoms with van der Waals surface area (Å²) < 4.78 is 0. The van der Waals surface area contributed by atoms with Gasteiger partial charge in [0.15, 0.2) is 0 Å². The number of hydrogen-bond donors (Lipinski definition) is 1. The van der Waals surface area contributed by atoms with Crippen molar-refractivity contribution in [2.24, 2.45) is 0 Å². The van der Waals surface area contributed by atoms with Crippen LogP contribution in [0, 0.1) is 0 Å². The van der Waals surface area contributed by atoms with E-state index in [-0.39, 0.29) is 47.7 Å². The fraction of sp³-hybridized carbons (Fsp3) is 0.944. The van der Waals surface area contributed by atoms with Crippen molar-refractivity contribution in [2.45, 2.75) is 110 Å². The molecular formula is C18H38Cl2CrO3. The largest absolute Gasteiger partial charge is 2.00 e. The second kappa shape index (κ2) is 31.3. The van der Waals surface area contributed by atoms with Gasteiger partial charge in [0.05, 0.1) is 0 Å². The van der Waals surface area contributed by atoms with Crippen LogP contribution in [0.5, 0.6) is 0 Å². The molecule has 0 saturated carbocycles. The molecule has 0 saturated heterocycles. The summed E-state index contributed by atoms with van der Waals surface area (Å²) in [6.45, 7) is 2.27. The van der Waals surface area contributed by atoms with Gasteiger partial charge < -0.3 is 35.4 Å². The van der Waals surface area contributed by atoms with Crippen LogP contribution >= 0.6 is 0 Å². The second-order valence-electron chi connectivity index (χ2n) is 6.09. The van der Waals surface area contributed by atoms with Crippen molar-refractivity contribution >= 4 is 5.97 Å². The van der Waals surface area contributed by atoms with Crippen molar-refractivity contribution in [3.8, 4) is 0 Å². The molecule has 3 N–H and O–H groups in total. The molecule has 0 aliphatic rings. The second-order valence-corrected chi connectivity index (χ2v) is 6.09. The van der Waals surface area contributed by atoms with E-state index in [2.05, 4.69) is 6.92 Å². The zero-order chi connectivity index (χ0) is 14.9. The van der Waals surface area contributed by atoms with Crippen LogP contribution in [0.25, 0.3) is 0 Å². The van der Waals surface area contributed by atoms with E-state index in [1.165, 1.54) is 83.5 Å². The number of aliphatic carboxylic acids is 1. The third-order valence-electron chi connectivity index (χ3n) is 3.99. The minimum Gasteiger partial charge on any atom is -1.00 e. The minimum atomic E-state index is -0.653. The average Bonchev–Trinajstić information content (AvgIpc) is 2.43. The summed E-state index contributed by atoms with van der Waals surface area (Å²) in [5.41, 5.74) is 0. The Hall–Kier alpha value is 0.542. The molecule has 0 atom stereocenters. The molecule has 3 nitrogen and oxygen atoms in total. The average molecular weight is 425 g/mol. The minimum absolute atomic E-state index is 0. The van der Waals surface area contributed by atoms with Crippen LogP contribution in [0.1, 0.15) is 110 Å². The quantitative estimate of drug-likeness (QED) is 0.339. The van der Waals surface area contributed by atoms with Crippen molar-refractivity contribution < 1.29 is 57.6 Å². The summed E-state index contributed by atoms with van der Waals surface area (Å²) in [6, 6.07) is 0. The maximum atomic E-state index is 10.3. The summed E-state index contributed by atoms with van der Waals surface area (Å²) in [5.74, 6) is -0.653. The van der Waals surface area contributed by atoms with E-state index in [4.69, 9.17) is 5.11 Å². The van der Waals surface area contributed by atoms with E-state index < -0.39 is 5.97 Å². The molecule has 0 unspecified atom stereocenters. The summed E-state index contributed by atoms with van der Waals surface area (Å²) in [4.78, 5) is 10.3. The van der Waals surface area contributed by atoms with Gasteiger partial charge in [-0.05, 0) is 6.42 Å². The Bertz CT molecular complexity index is 220. The number of carboxylic acids is 1. The number of carboxylic acid groups (broad SMARTS) is 1. The Morgan fingerprint density at radius 1 is 0.625 bits per heavy atom. The molecule has 0 fully saturated rings. The monoisotopic (exact) mass is 424 g/mol. The van der Waals surface area contributed by atoms with Crippen molar-refractivity contribution in [3.05, 3.63) is 0 Å². The molecule has 0 spiro atoms. The number of carbonyl (C=O) groups is 1. The molecule has 0 heterocycles. The summed E-state index contributed by atoms with van der Waals surface area (Å²) >= 11 is 0. The van der Waals surface area contributed by atoms with E-state index in [0.717, 1.165) is 12.8 Å². The van der Waals surface area contributed by atoms with Gasteiger partial charge in [-0.25, -0.2) is 0 Å². The summed E-state index contributed by atoms with van der Waals surface area (Å²) in [7, 11) is 0. The van der Waals surface area contributed by atoms with Gasteiger partial charge in [0.25, 0.3) is 0 Å². The molecule has 0 radical (unpaired) electrons. The third-order valence-corrected chi connectivity index (χ3v) is 3.99. The van der Waals surface area contributed by atoms with Crippen LogP contribution in [0.4, 0.5) is 0 Å². The first kappa shape index (κ1) is 35.6. The van der Waals surface area contributed by atoms with Crippen LogP contribution in [0.3, 0.4) is 0 Å². The Kier molecular flexibility index (Phi) is 46.5. The standard InChI is InChI=1S/C18H36O2.2ClH.Cr.H2O/c1-2-3-4-5-6-7-8-9-10-11-12-13-14-15-16-17-18(19)20;;;;/h2-17H2,1H3,(H,19,20);2*1H;;1H2/q;;;+2;/p-2. The number of halogens is 2. The maximum absolute atomic E-state index is 10.3. The molecule has 0 aromatic carbocycles. The zero-order valence-corrected chi connectivity index (χ0v) is 18.1. The number of rotatable bonds is 16. The molecule has 148 valence electrons. The molecule has 24 heavy (non-hydrogen) atoms. The molecule has 0 aromatic rings. The number of unbranched alkanes of at least 4 members (excludes halogenated alkanes) is 14. The molecule has 0 aliphatic carbocycles. The SMILES string of the molecule is CCCCCCCCCCCCCCCCCC(=O)O.O.[Cl-].[Cl-].[Cr+2]. The van der Waals surface area contributed by atoms with Crippen molar-refractivity contribution in [1.82, 2.24) is 0 Å². The zero-order valence-electron chi connectivity index (χ0n) is 15.3. The van der Waals surface area contributed by atoms with E-state index in [1.54, 1.807) is 0 Å². The first-order chi connectivity index (χ1) is 9.77. The van der Waals surface area contributed by atoms with Crippen LogP contribution in [-0.4, -0.2) is 16.6 Å². The van der Waals surface area contributed by atoms with Crippen LogP contribution in [0.15, 0.2) is 0 Å². The molecular weight excluding hydrogens is 387 g/mol. The Morgan fingerprint density at radius 3 is 1.12 bits per heavy atom. The van der Waals surface area contributed by atoms with Gasteiger partial charge in [-0.15, -0.1) is 0 Å². The molecule has 6 heteroatoms. The normalized spacial score (nSPS) is 9.04.